The molecule has 0 fully saturated rings. The van der Waals surface area contributed by atoms with Crippen LogP contribution in [0.1, 0.15) is 24.1 Å². The van der Waals surface area contributed by atoms with Crippen LogP contribution >= 0.6 is 11.6 Å². The smallest absolute Gasteiger partial charge is 0.126 e. The van der Waals surface area contributed by atoms with E-state index in [1.54, 1.807) is 31.2 Å². The fourth-order valence-corrected chi connectivity index (χ4v) is 2.18. The van der Waals surface area contributed by atoms with Crippen LogP contribution in [0.4, 0.5) is 4.39 Å². The molecule has 0 saturated heterocycles. The Morgan fingerprint density at radius 1 is 1.19 bits per heavy atom. The third kappa shape index (κ3) is 4.45. The van der Waals surface area contributed by atoms with Gasteiger partial charge in [0.1, 0.15) is 18.2 Å². The zero-order valence-electron chi connectivity index (χ0n) is 12.2. The molecular formula is C17H19ClFNO. The molecule has 0 radical (unpaired) electrons. The Balaban J connectivity index is 2.07. The van der Waals surface area contributed by atoms with Crippen molar-refractivity contribution in [2.24, 2.45) is 0 Å². The molecule has 0 aliphatic carbocycles. The predicted molar refractivity (Wildman–Crippen MR) is 84.5 cm³/mol. The van der Waals surface area contributed by atoms with Crippen molar-refractivity contribution in [3.8, 4) is 5.75 Å². The third-order valence-corrected chi connectivity index (χ3v) is 3.53. The Hall–Kier alpha value is -1.58. The number of hydrogen-bond donors (Lipinski definition) is 1. The zero-order valence-corrected chi connectivity index (χ0v) is 13.0. The lowest BCUT2D eigenvalue weighted by molar-refractivity contribution is 0.268. The minimum Gasteiger partial charge on any atom is -0.492 e. The third-order valence-electron chi connectivity index (χ3n) is 3.28. The van der Waals surface area contributed by atoms with Crippen LogP contribution in [-0.4, -0.2) is 13.2 Å². The van der Waals surface area contributed by atoms with Gasteiger partial charge < -0.3 is 10.1 Å². The summed E-state index contributed by atoms with van der Waals surface area (Å²) in [5.41, 5.74) is 1.53. The van der Waals surface area contributed by atoms with Crippen molar-refractivity contribution >= 4 is 11.6 Å². The number of hydrogen-bond acceptors (Lipinski definition) is 2. The summed E-state index contributed by atoms with van der Waals surface area (Å²) >= 11 is 5.84. The van der Waals surface area contributed by atoms with Gasteiger partial charge in [-0.1, -0.05) is 30.7 Å². The number of rotatable bonds is 6. The van der Waals surface area contributed by atoms with Gasteiger partial charge in [0.15, 0.2) is 0 Å². The van der Waals surface area contributed by atoms with Crippen LogP contribution < -0.4 is 10.1 Å². The van der Waals surface area contributed by atoms with Crippen molar-refractivity contribution in [2.75, 3.05) is 13.2 Å². The highest BCUT2D eigenvalue weighted by Gasteiger charge is 2.13. The average Bonchev–Trinajstić information content (AvgIpc) is 2.48. The van der Waals surface area contributed by atoms with Crippen molar-refractivity contribution in [3.05, 3.63) is 64.4 Å². The van der Waals surface area contributed by atoms with Gasteiger partial charge in [-0.05, 0) is 54.9 Å². The maximum atomic E-state index is 13.7. The Kier molecular flexibility index (Phi) is 5.59. The van der Waals surface area contributed by atoms with E-state index < -0.39 is 0 Å². The minimum absolute atomic E-state index is 0.0548. The first-order chi connectivity index (χ1) is 10.1. The van der Waals surface area contributed by atoms with E-state index in [1.165, 1.54) is 0 Å². The molecule has 2 aromatic rings. The first-order valence-electron chi connectivity index (χ1n) is 6.98. The highest BCUT2D eigenvalue weighted by molar-refractivity contribution is 6.30. The summed E-state index contributed by atoms with van der Waals surface area (Å²) in [6.45, 7) is 4.98. The predicted octanol–water partition coefficient (Wildman–Crippen LogP) is 4.52. The lowest BCUT2D eigenvalue weighted by Crippen LogP contribution is -2.26. The normalized spacial score (nSPS) is 12.2. The summed E-state index contributed by atoms with van der Waals surface area (Å²) in [5, 5.41) is 3.98. The van der Waals surface area contributed by atoms with Crippen molar-refractivity contribution in [1.82, 2.24) is 5.32 Å². The number of likely N-dealkylation sites (N-methyl/N-ethyl adjacent to an activating group) is 1. The fourth-order valence-electron chi connectivity index (χ4n) is 2.06. The van der Waals surface area contributed by atoms with Crippen molar-refractivity contribution in [2.45, 2.75) is 19.9 Å². The molecule has 1 N–H and O–H groups in total. The minimum atomic E-state index is -0.193. The molecule has 1 atom stereocenters. The van der Waals surface area contributed by atoms with E-state index >= 15 is 0 Å². The molecular weight excluding hydrogens is 289 g/mol. The molecule has 0 bridgehead atoms. The molecule has 0 saturated carbocycles. The number of nitrogens with one attached hydrogen (secondary N) is 1. The molecule has 0 aliphatic rings. The quantitative estimate of drug-likeness (QED) is 0.847. The molecule has 0 aromatic heterocycles. The van der Waals surface area contributed by atoms with Gasteiger partial charge in [-0.2, -0.15) is 0 Å². The molecule has 0 spiro atoms. The van der Waals surface area contributed by atoms with E-state index in [-0.39, 0.29) is 11.9 Å². The van der Waals surface area contributed by atoms with Gasteiger partial charge in [0.25, 0.3) is 0 Å². The van der Waals surface area contributed by atoms with Gasteiger partial charge in [-0.15, -0.1) is 0 Å². The first kappa shape index (κ1) is 15.8. The monoisotopic (exact) mass is 307 g/mol. The second-order valence-corrected chi connectivity index (χ2v) is 5.32. The number of halogens is 2. The maximum Gasteiger partial charge on any atom is 0.126 e. The van der Waals surface area contributed by atoms with E-state index in [0.717, 1.165) is 17.9 Å². The zero-order chi connectivity index (χ0) is 15.2. The van der Waals surface area contributed by atoms with Gasteiger partial charge in [0, 0.05) is 5.02 Å². The summed E-state index contributed by atoms with van der Waals surface area (Å²) in [6.07, 6.45) is 0. The van der Waals surface area contributed by atoms with E-state index in [9.17, 15) is 4.39 Å². The number of benzene rings is 2. The lowest BCUT2D eigenvalue weighted by Gasteiger charge is -2.19. The standard InChI is InChI=1S/C17H19ClFNO/c1-3-20-17(13-5-4-12(2)16(19)10-13)11-21-15-8-6-14(18)7-9-15/h4-10,17,20H,3,11H2,1-2H3. The lowest BCUT2D eigenvalue weighted by atomic mass is 10.1. The topological polar surface area (TPSA) is 21.3 Å². The van der Waals surface area contributed by atoms with Crippen LogP contribution in [0.3, 0.4) is 0 Å². The Labute approximate surface area is 129 Å². The summed E-state index contributed by atoms with van der Waals surface area (Å²) < 4.78 is 19.5. The molecule has 4 heteroatoms. The second-order valence-electron chi connectivity index (χ2n) is 4.88. The van der Waals surface area contributed by atoms with Crippen molar-refractivity contribution in [1.29, 1.82) is 0 Å². The first-order valence-corrected chi connectivity index (χ1v) is 7.35. The molecule has 2 rings (SSSR count). The van der Waals surface area contributed by atoms with E-state index in [1.807, 2.05) is 25.1 Å². The Morgan fingerprint density at radius 3 is 2.52 bits per heavy atom. The molecule has 2 aromatic carbocycles. The summed E-state index contributed by atoms with van der Waals surface area (Å²) in [4.78, 5) is 0. The van der Waals surface area contributed by atoms with Crippen LogP contribution in [0.5, 0.6) is 5.75 Å². The SMILES string of the molecule is CCNC(COc1ccc(Cl)cc1)c1ccc(C)c(F)c1. The highest BCUT2D eigenvalue weighted by Crippen LogP contribution is 2.20. The van der Waals surface area contributed by atoms with E-state index in [2.05, 4.69) is 5.32 Å². The van der Waals surface area contributed by atoms with Gasteiger partial charge in [-0.3, -0.25) is 0 Å². The van der Waals surface area contributed by atoms with Crippen molar-refractivity contribution in [3.63, 3.8) is 0 Å². The molecule has 0 heterocycles. The van der Waals surface area contributed by atoms with Crippen LogP contribution in [0, 0.1) is 12.7 Å². The molecule has 0 amide bonds. The summed E-state index contributed by atoms with van der Waals surface area (Å²) in [5.74, 6) is 0.553. The highest BCUT2D eigenvalue weighted by atomic mass is 35.5. The van der Waals surface area contributed by atoms with Gasteiger partial charge in [0.2, 0.25) is 0 Å². The van der Waals surface area contributed by atoms with E-state index in [0.29, 0.717) is 17.2 Å². The Bertz CT molecular complexity index is 586. The van der Waals surface area contributed by atoms with Crippen LogP contribution in [0.25, 0.3) is 0 Å². The van der Waals surface area contributed by atoms with Gasteiger partial charge in [0.05, 0.1) is 6.04 Å². The van der Waals surface area contributed by atoms with Crippen LogP contribution in [0.2, 0.25) is 5.02 Å². The van der Waals surface area contributed by atoms with Gasteiger partial charge >= 0.3 is 0 Å². The summed E-state index contributed by atoms with van der Waals surface area (Å²) in [7, 11) is 0. The largest absolute Gasteiger partial charge is 0.492 e. The van der Waals surface area contributed by atoms with E-state index in [4.69, 9.17) is 16.3 Å². The molecule has 1 unspecified atom stereocenters. The Morgan fingerprint density at radius 2 is 1.90 bits per heavy atom. The average molecular weight is 308 g/mol. The summed E-state index contributed by atoms with van der Waals surface area (Å²) in [6, 6.07) is 12.4. The van der Waals surface area contributed by atoms with Crippen LogP contribution in [0.15, 0.2) is 42.5 Å². The van der Waals surface area contributed by atoms with Crippen LogP contribution in [-0.2, 0) is 0 Å². The maximum absolute atomic E-state index is 13.7. The molecule has 21 heavy (non-hydrogen) atoms. The fraction of sp³-hybridized carbons (Fsp3) is 0.294. The molecule has 112 valence electrons. The number of aryl methyl sites for hydroxylation is 1. The number of ether oxygens (including phenoxy) is 1. The second kappa shape index (κ2) is 7.43. The molecule has 0 aliphatic heterocycles. The molecule has 2 nitrogen and oxygen atoms in total. The van der Waals surface area contributed by atoms with Crippen molar-refractivity contribution < 1.29 is 9.13 Å². The van der Waals surface area contributed by atoms with Gasteiger partial charge in [-0.25, -0.2) is 4.39 Å².